The zero-order valence-electron chi connectivity index (χ0n) is 11.5. The number of aryl methyl sites for hydroxylation is 1. The van der Waals surface area contributed by atoms with E-state index in [1.807, 2.05) is 19.2 Å². The minimum Gasteiger partial charge on any atom is -0.319 e. The molecule has 2 aromatic rings. The van der Waals surface area contributed by atoms with E-state index in [2.05, 4.69) is 36.5 Å². The van der Waals surface area contributed by atoms with Crippen molar-refractivity contribution < 1.29 is 4.39 Å². The molecule has 0 bridgehead atoms. The van der Waals surface area contributed by atoms with Gasteiger partial charge in [0.1, 0.15) is 5.82 Å². The second-order valence-corrected chi connectivity index (χ2v) is 4.96. The molecule has 0 aliphatic rings. The molecule has 0 fully saturated rings. The third-order valence-corrected chi connectivity index (χ3v) is 3.39. The van der Waals surface area contributed by atoms with Crippen LogP contribution in [0.3, 0.4) is 0 Å². The summed E-state index contributed by atoms with van der Waals surface area (Å²) in [5.41, 5.74) is 3.29. The van der Waals surface area contributed by atoms with E-state index in [1.165, 1.54) is 17.2 Å². The van der Waals surface area contributed by atoms with Crippen LogP contribution in [0.5, 0.6) is 0 Å². The Morgan fingerprint density at radius 2 is 1.89 bits per heavy atom. The Kier molecular flexibility index (Phi) is 4.69. The Bertz CT molecular complexity index is 536. The zero-order chi connectivity index (χ0) is 13.7. The summed E-state index contributed by atoms with van der Waals surface area (Å²) in [4.78, 5) is 0. The van der Waals surface area contributed by atoms with Gasteiger partial charge in [0, 0.05) is 12.5 Å². The predicted octanol–water partition coefficient (Wildman–Crippen LogP) is 3.68. The van der Waals surface area contributed by atoms with E-state index < -0.39 is 0 Å². The van der Waals surface area contributed by atoms with Gasteiger partial charge in [0.05, 0.1) is 0 Å². The van der Waals surface area contributed by atoms with Gasteiger partial charge in [-0.3, -0.25) is 0 Å². The number of rotatable bonds is 5. The standard InChI is InChI=1S/C17H20FN/c1-13-6-5-8-14(10-13)16(12-19-2)11-15-7-3-4-9-17(15)18/h3-10,16,19H,11-12H2,1-2H3. The summed E-state index contributed by atoms with van der Waals surface area (Å²) in [6.45, 7) is 2.93. The maximum absolute atomic E-state index is 13.8. The van der Waals surface area contributed by atoms with E-state index in [1.54, 1.807) is 6.07 Å². The molecule has 0 aliphatic carbocycles. The summed E-state index contributed by atoms with van der Waals surface area (Å²) >= 11 is 0. The number of nitrogens with one attached hydrogen (secondary N) is 1. The number of hydrogen-bond donors (Lipinski definition) is 1. The van der Waals surface area contributed by atoms with Crippen LogP contribution in [0.15, 0.2) is 48.5 Å². The Labute approximate surface area is 114 Å². The second-order valence-electron chi connectivity index (χ2n) is 4.96. The molecule has 0 saturated heterocycles. The van der Waals surface area contributed by atoms with Gasteiger partial charge in [-0.15, -0.1) is 0 Å². The number of benzene rings is 2. The lowest BCUT2D eigenvalue weighted by Gasteiger charge is -2.18. The molecule has 0 spiro atoms. The minimum absolute atomic E-state index is 0.115. The molecule has 2 rings (SSSR count). The molecule has 0 radical (unpaired) electrons. The molecule has 0 aromatic heterocycles. The first-order chi connectivity index (χ1) is 9.20. The van der Waals surface area contributed by atoms with E-state index in [0.717, 1.165) is 18.5 Å². The van der Waals surface area contributed by atoms with Gasteiger partial charge in [-0.2, -0.15) is 0 Å². The van der Waals surface area contributed by atoms with Gasteiger partial charge < -0.3 is 5.32 Å². The van der Waals surface area contributed by atoms with Crippen LogP contribution in [0.2, 0.25) is 0 Å². The fourth-order valence-electron chi connectivity index (χ4n) is 2.41. The molecule has 0 aliphatic heterocycles. The Morgan fingerprint density at radius 1 is 1.11 bits per heavy atom. The first-order valence-corrected chi connectivity index (χ1v) is 6.65. The number of likely N-dealkylation sites (N-methyl/N-ethyl adjacent to an activating group) is 1. The molecule has 2 aromatic carbocycles. The third-order valence-electron chi connectivity index (χ3n) is 3.39. The Morgan fingerprint density at radius 3 is 2.58 bits per heavy atom. The second kappa shape index (κ2) is 6.48. The van der Waals surface area contributed by atoms with Gasteiger partial charge in [-0.1, -0.05) is 48.0 Å². The first-order valence-electron chi connectivity index (χ1n) is 6.65. The van der Waals surface area contributed by atoms with E-state index in [4.69, 9.17) is 0 Å². The van der Waals surface area contributed by atoms with E-state index in [0.29, 0.717) is 5.92 Å². The van der Waals surface area contributed by atoms with Crippen LogP contribution in [0, 0.1) is 12.7 Å². The van der Waals surface area contributed by atoms with Crippen LogP contribution in [-0.4, -0.2) is 13.6 Å². The molecule has 0 saturated carbocycles. The van der Waals surface area contributed by atoms with Crippen molar-refractivity contribution in [3.8, 4) is 0 Å². The zero-order valence-corrected chi connectivity index (χ0v) is 11.5. The average Bonchev–Trinajstić information content (AvgIpc) is 2.40. The van der Waals surface area contributed by atoms with Crippen molar-refractivity contribution in [2.75, 3.05) is 13.6 Å². The largest absolute Gasteiger partial charge is 0.319 e. The van der Waals surface area contributed by atoms with Crippen molar-refractivity contribution in [1.29, 1.82) is 0 Å². The summed E-state index contributed by atoms with van der Waals surface area (Å²) in [5, 5.41) is 3.20. The van der Waals surface area contributed by atoms with E-state index in [9.17, 15) is 4.39 Å². The lowest BCUT2D eigenvalue weighted by Crippen LogP contribution is -2.19. The topological polar surface area (TPSA) is 12.0 Å². The third kappa shape index (κ3) is 3.65. The molecule has 1 unspecified atom stereocenters. The molecule has 2 heteroatoms. The molecule has 19 heavy (non-hydrogen) atoms. The molecule has 0 heterocycles. The fraction of sp³-hybridized carbons (Fsp3) is 0.294. The number of halogens is 1. The molecule has 0 amide bonds. The highest BCUT2D eigenvalue weighted by atomic mass is 19.1. The van der Waals surface area contributed by atoms with Crippen LogP contribution >= 0.6 is 0 Å². The summed E-state index contributed by atoms with van der Waals surface area (Å²) < 4.78 is 13.8. The van der Waals surface area contributed by atoms with Crippen molar-refractivity contribution in [3.05, 3.63) is 71.0 Å². The predicted molar refractivity (Wildman–Crippen MR) is 78.0 cm³/mol. The van der Waals surface area contributed by atoms with Crippen LogP contribution in [0.1, 0.15) is 22.6 Å². The van der Waals surface area contributed by atoms with Gasteiger partial charge in [-0.05, 0) is 37.6 Å². The monoisotopic (exact) mass is 257 g/mol. The summed E-state index contributed by atoms with van der Waals surface area (Å²) in [7, 11) is 1.93. The van der Waals surface area contributed by atoms with Gasteiger partial charge in [0.15, 0.2) is 0 Å². The van der Waals surface area contributed by atoms with E-state index in [-0.39, 0.29) is 5.82 Å². The highest BCUT2D eigenvalue weighted by Crippen LogP contribution is 2.22. The molecule has 1 nitrogen and oxygen atoms in total. The van der Waals surface area contributed by atoms with Gasteiger partial charge in [0.2, 0.25) is 0 Å². The summed E-state index contributed by atoms with van der Waals surface area (Å²) in [5.74, 6) is 0.179. The Hall–Kier alpha value is -1.67. The maximum atomic E-state index is 13.8. The molecule has 1 atom stereocenters. The maximum Gasteiger partial charge on any atom is 0.126 e. The van der Waals surface area contributed by atoms with Gasteiger partial charge >= 0.3 is 0 Å². The van der Waals surface area contributed by atoms with E-state index >= 15 is 0 Å². The Balaban J connectivity index is 2.24. The van der Waals surface area contributed by atoms with Crippen molar-refractivity contribution in [2.45, 2.75) is 19.3 Å². The quantitative estimate of drug-likeness (QED) is 0.861. The normalized spacial score (nSPS) is 12.4. The number of hydrogen-bond acceptors (Lipinski definition) is 1. The van der Waals surface area contributed by atoms with Crippen LogP contribution in [0.4, 0.5) is 4.39 Å². The molecular weight excluding hydrogens is 237 g/mol. The lowest BCUT2D eigenvalue weighted by molar-refractivity contribution is 0.574. The summed E-state index contributed by atoms with van der Waals surface area (Å²) in [6, 6.07) is 15.5. The van der Waals surface area contributed by atoms with Crippen LogP contribution in [0.25, 0.3) is 0 Å². The van der Waals surface area contributed by atoms with Crippen molar-refractivity contribution >= 4 is 0 Å². The minimum atomic E-state index is -0.115. The molecule has 1 N–H and O–H groups in total. The fourth-order valence-corrected chi connectivity index (χ4v) is 2.41. The average molecular weight is 257 g/mol. The van der Waals surface area contributed by atoms with Gasteiger partial charge in [0.25, 0.3) is 0 Å². The molecular formula is C17H20FN. The molecule has 100 valence electrons. The van der Waals surface area contributed by atoms with Crippen molar-refractivity contribution in [3.63, 3.8) is 0 Å². The van der Waals surface area contributed by atoms with Crippen LogP contribution in [-0.2, 0) is 6.42 Å². The van der Waals surface area contributed by atoms with Gasteiger partial charge in [-0.25, -0.2) is 4.39 Å². The highest BCUT2D eigenvalue weighted by Gasteiger charge is 2.13. The van der Waals surface area contributed by atoms with Crippen molar-refractivity contribution in [1.82, 2.24) is 5.32 Å². The highest BCUT2D eigenvalue weighted by molar-refractivity contribution is 5.28. The lowest BCUT2D eigenvalue weighted by atomic mass is 9.91. The smallest absolute Gasteiger partial charge is 0.126 e. The first kappa shape index (κ1) is 13.8. The summed E-state index contributed by atoms with van der Waals surface area (Å²) in [6.07, 6.45) is 0.719. The van der Waals surface area contributed by atoms with Crippen molar-refractivity contribution in [2.24, 2.45) is 0 Å². The van der Waals surface area contributed by atoms with Crippen LogP contribution < -0.4 is 5.32 Å². The SMILES string of the molecule is CNCC(Cc1ccccc1F)c1cccc(C)c1.